The number of carbonyl (C=O) groups is 2. The predicted molar refractivity (Wildman–Crippen MR) is 141 cm³/mol. The number of aliphatic hydroxyl groups excluding tert-OH is 1. The van der Waals surface area contributed by atoms with Crippen molar-refractivity contribution in [2.24, 2.45) is 5.92 Å². The highest BCUT2D eigenvalue weighted by Gasteiger charge is 2.50. The summed E-state index contributed by atoms with van der Waals surface area (Å²) in [6.45, 7) is 0.694. The van der Waals surface area contributed by atoms with Crippen LogP contribution in [-0.2, 0) is 16.1 Å². The largest absolute Gasteiger partial charge is 0.447 e. The molecule has 3 aliphatic rings. The quantitative estimate of drug-likeness (QED) is 0.375. The standard InChI is InChI=1S/C29H24N6O4/c30-12-18-1-3-19(4-2-18)20-10-25-27-31-7-8-34(27)24-6-5-23(9-21(24)14-33(25)13-20)35-15-22(11-26(35)37)29(16-36)17-39-28(38)32-29/h1-10,13,22,36H,11,14-17H2,(H,32,38). The van der Waals surface area contributed by atoms with Crippen molar-refractivity contribution >= 4 is 17.7 Å². The first-order valence-corrected chi connectivity index (χ1v) is 12.7. The van der Waals surface area contributed by atoms with Gasteiger partial charge in [0.15, 0.2) is 5.82 Å². The van der Waals surface area contributed by atoms with Gasteiger partial charge in [-0.15, -0.1) is 0 Å². The molecule has 2 saturated heterocycles. The summed E-state index contributed by atoms with van der Waals surface area (Å²) in [4.78, 5) is 31.2. The Labute approximate surface area is 223 Å². The molecular formula is C29H24N6O4. The van der Waals surface area contributed by atoms with Gasteiger partial charge >= 0.3 is 6.09 Å². The number of amides is 2. The smallest absolute Gasteiger partial charge is 0.407 e. The zero-order valence-electron chi connectivity index (χ0n) is 20.9. The molecule has 2 aromatic carbocycles. The maximum absolute atomic E-state index is 13.1. The number of aromatic nitrogens is 3. The van der Waals surface area contributed by atoms with E-state index in [0.29, 0.717) is 18.7 Å². The maximum atomic E-state index is 13.1. The van der Waals surface area contributed by atoms with Gasteiger partial charge in [0.25, 0.3) is 0 Å². The van der Waals surface area contributed by atoms with Crippen LogP contribution in [0.4, 0.5) is 10.5 Å². The summed E-state index contributed by atoms with van der Waals surface area (Å²) in [5.74, 6) is 0.489. The average Bonchev–Trinajstić information content (AvgIpc) is 3.74. The number of hydrogen-bond donors (Lipinski definition) is 2. The molecule has 10 heteroatoms. The van der Waals surface area contributed by atoms with E-state index in [-0.39, 0.29) is 31.5 Å². The molecule has 2 atom stereocenters. The molecule has 0 radical (unpaired) electrons. The van der Waals surface area contributed by atoms with Crippen molar-refractivity contribution in [3.8, 4) is 34.4 Å². The molecule has 0 spiro atoms. The van der Waals surface area contributed by atoms with E-state index in [1.807, 2.05) is 48.7 Å². The Kier molecular flexibility index (Phi) is 5.11. The van der Waals surface area contributed by atoms with Gasteiger partial charge in [-0.3, -0.25) is 9.36 Å². The molecule has 194 valence electrons. The van der Waals surface area contributed by atoms with Gasteiger partial charge in [0, 0.05) is 55.3 Å². The molecular weight excluding hydrogens is 496 g/mol. The lowest BCUT2D eigenvalue weighted by molar-refractivity contribution is -0.117. The van der Waals surface area contributed by atoms with Crippen molar-refractivity contribution in [2.75, 3.05) is 24.7 Å². The molecule has 4 aromatic rings. The van der Waals surface area contributed by atoms with E-state index in [0.717, 1.165) is 39.6 Å². The van der Waals surface area contributed by atoms with Gasteiger partial charge in [-0.25, -0.2) is 9.78 Å². The molecule has 7 rings (SSSR count). The topological polar surface area (TPSA) is 125 Å². The number of carbonyl (C=O) groups excluding carboxylic acids is 2. The third-order valence-corrected chi connectivity index (χ3v) is 8.09. The fourth-order valence-corrected chi connectivity index (χ4v) is 5.93. The van der Waals surface area contributed by atoms with Gasteiger partial charge < -0.3 is 24.6 Å². The number of benzene rings is 2. The van der Waals surface area contributed by atoms with E-state index in [2.05, 4.69) is 37.8 Å². The van der Waals surface area contributed by atoms with Gasteiger partial charge in [-0.2, -0.15) is 5.26 Å². The molecule has 0 aliphatic carbocycles. The van der Waals surface area contributed by atoms with Crippen LogP contribution in [0.2, 0.25) is 0 Å². The first-order valence-electron chi connectivity index (χ1n) is 12.7. The second-order valence-electron chi connectivity index (χ2n) is 10.3. The molecule has 2 unspecified atom stereocenters. The van der Waals surface area contributed by atoms with Crippen molar-refractivity contribution in [3.05, 3.63) is 78.2 Å². The van der Waals surface area contributed by atoms with Crippen LogP contribution in [0.3, 0.4) is 0 Å². The lowest BCUT2D eigenvalue weighted by Crippen LogP contribution is -2.54. The number of alkyl carbamates (subject to hydrolysis) is 1. The van der Waals surface area contributed by atoms with Crippen LogP contribution >= 0.6 is 0 Å². The highest BCUT2D eigenvalue weighted by Crippen LogP contribution is 2.38. The number of nitriles is 1. The predicted octanol–water partition coefficient (Wildman–Crippen LogP) is 3.06. The number of imidazole rings is 1. The summed E-state index contributed by atoms with van der Waals surface area (Å²) in [6.07, 6.45) is 5.44. The number of cyclic esters (lactones) is 1. The van der Waals surface area contributed by atoms with E-state index in [1.54, 1.807) is 11.1 Å². The second kappa shape index (κ2) is 8.58. The van der Waals surface area contributed by atoms with Crippen molar-refractivity contribution in [1.29, 1.82) is 5.26 Å². The molecule has 39 heavy (non-hydrogen) atoms. The Morgan fingerprint density at radius 3 is 2.74 bits per heavy atom. The number of nitrogens with zero attached hydrogens (tertiary/aromatic N) is 5. The van der Waals surface area contributed by atoms with Crippen molar-refractivity contribution in [3.63, 3.8) is 0 Å². The number of anilines is 1. The van der Waals surface area contributed by atoms with Gasteiger partial charge in [-0.1, -0.05) is 12.1 Å². The van der Waals surface area contributed by atoms with Crippen molar-refractivity contribution < 1.29 is 19.4 Å². The average molecular weight is 521 g/mol. The van der Waals surface area contributed by atoms with Crippen molar-refractivity contribution in [2.45, 2.75) is 18.5 Å². The van der Waals surface area contributed by atoms with E-state index >= 15 is 0 Å². The number of rotatable bonds is 4. The van der Waals surface area contributed by atoms with Gasteiger partial charge in [-0.05, 0) is 47.5 Å². The lowest BCUT2D eigenvalue weighted by Gasteiger charge is -2.30. The molecule has 10 nitrogen and oxygen atoms in total. The number of fused-ring (bicyclic) bond motifs is 5. The summed E-state index contributed by atoms with van der Waals surface area (Å²) in [5.41, 5.74) is 5.44. The third-order valence-electron chi connectivity index (χ3n) is 8.09. The minimum Gasteiger partial charge on any atom is -0.447 e. The van der Waals surface area contributed by atoms with Crippen LogP contribution in [-0.4, -0.2) is 56.5 Å². The van der Waals surface area contributed by atoms with Crippen LogP contribution in [0.15, 0.2) is 67.1 Å². The SMILES string of the molecule is N#Cc1ccc(-c2cc3n(c2)Cc2cc(N4CC(C5(CO)COC(=O)N5)CC4=O)ccc2-n2ccnc2-3)cc1. The van der Waals surface area contributed by atoms with Crippen molar-refractivity contribution in [1.82, 2.24) is 19.4 Å². The number of aliphatic hydroxyl groups is 1. The normalized spacial score (nSPS) is 21.4. The first kappa shape index (κ1) is 23.3. The fourth-order valence-electron chi connectivity index (χ4n) is 5.93. The minimum atomic E-state index is -0.958. The Morgan fingerprint density at radius 1 is 1.15 bits per heavy atom. The molecule has 3 aliphatic heterocycles. The summed E-state index contributed by atoms with van der Waals surface area (Å²) in [5, 5.41) is 21.9. The molecule has 2 amide bonds. The van der Waals surface area contributed by atoms with E-state index < -0.39 is 11.6 Å². The van der Waals surface area contributed by atoms with Gasteiger partial charge in [0.05, 0.1) is 29.6 Å². The minimum absolute atomic E-state index is 0.0414. The summed E-state index contributed by atoms with van der Waals surface area (Å²) in [6, 6.07) is 17.7. The first-order chi connectivity index (χ1) is 19.0. The van der Waals surface area contributed by atoms with Gasteiger partial charge in [0.1, 0.15) is 12.1 Å². The number of ether oxygens (including phenoxy) is 1. The number of nitrogens with one attached hydrogen (secondary N) is 1. The van der Waals surface area contributed by atoms with Crippen LogP contribution < -0.4 is 10.2 Å². The zero-order chi connectivity index (χ0) is 26.7. The van der Waals surface area contributed by atoms with Gasteiger partial charge in [0.2, 0.25) is 5.91 Å². The maximum Gasteiger partial charge on any atom is 0.407 e. The molecule has 2 N–H and O–H groups in total. The summed E-state index contributed by atoms with van der Waals surface area (Å²) < 4.78 is 9.29. The number of hydrogen-bond acceptors (Lipinski definition) is 6. The Hall–Kier alpha value is -4.88. The zero-order valence-corrected chi connectivity index (χ0v) is 20.9. The molecule has 2 fully saturated rings. The van der Waals surface area contributed by atoms with E-state index in [9.17, 15) is 14.7 Å². The molecule has 2 aromatic heterocycles. The highest BCUT2D eigenvalue weighted by molar-refractivity contribution is 5.96. The summed E-state index contributed by atoms with van der Waals surface area (Å²) in [7, 11) is 0. The highest BCUT2D eigenvalue weighted by atomic mass is 16.6. The molecule has 5 heterocycles. The Morgan fingerprint density at radius 2 is 2.00 bits per heavy atom. The third kappa shape index (κ3) is 3.62. The summed E-state index contributed by atoms with van der Waals surface area (Å²) >= 11 is 0. The Bertz CT molecular complexity index is 1680. The van der Waals surface area contributed by atoms with Crippen LogP contribution in [0, 0.1) is 17.2 Å². The molecule has 0 bridgehead atoms. The van der Waals surface area contributed by atoms with Crippen LogP contribution in [0.1, 0.15) is 17.5 Å². The Balaban J connectivity index is 1.24. The van der Waals surface area contributed by atoms with E-state index in [1.165, 1.54) is 0 Å². The van der Waals surface area contributed by atoms with Crippen LogP contribution in [0.5, 0.6) is 0 Å². The lowest BCUT2D eigenvalue weighted by atomic mass is 9.85. The van der Waals surface area contributed by atoms with Crippen LogP contribution in [0.25, 0.3) is 28.3 Å². The monoisotopic (exact) mass is 520 g/mol. The van der Waals surface area contributed by atoms with E-state index in [4.69, 9.17) is 10.00 Å². The molecule has 0 saturated carbocycles. The second-order valence-corrected chi connectivity index (χ2v) is 10.3. The fraction of sp³-hybridized carbons (Fsp3) is 0.241.